The summed E-state index contributed by atoms with van der Waals surface area (Å²) in [6.45, 7) is 4.30. The van der Waals surface area contributed by atoms with E-state index in [1.54, 1.807) is 13.2 Å². The molecule has 8 nitrogen and oxygen atoms in total. The average molecular weight is 409 g/mol. The summed E-state index contributed by atoms with van der Waals surface area (Å²) in [5, 5.41) is 11.7. The van der Waals surface area contributed by atoms with Crippen LogP contribution in [0.4, 0.5) is 0 Å². The number of amides is 1. The van der Waals surface area contributed by atoms with Crippen LogP contribution in [0.3, 0.4) is 0 Å². The first kappa shape index (κ1) is 20.1. The van der Waals surface area contributed by atoms with Gasteiger partial charge in [-0.1, -0.05) is 26.7 Å². The highest BCUT2D eigenvalue weighted by molar-refractivity contribution is 5.76. The van der Waals surface area contributed by atoms with Crippen LogP contribution >= 0.6 is 0 Å². The largest absolute Gasteiger partial charge is 0.497 e. The summed E-state index contributed by atoms with van der Waals surface area (Å²) in [5.41, 5.74) is 1.56. The number of rotatable bonds is 5. The van der Waals surface area contributed by atoms with E-state index >= 15 is 0 Å². The maximum atomic E-state index is 12.9. The van der Waals surface area contributed by atoms with Crippen LogP contribution in [0.25, 0.3) is 16.8 Å². The van der Waals surface area contributed by atoms with Gasteiger partial charge in [0.05, 0.1) is 12.8 Å². The molecule has 30 heavy (non-hydrogen) atoms. The van der Waals surface area contributed by atoms with Gasteiger partial charge in [-0.2, -0.15) is 10.2 Å². The molecule has 3 atom stereocenters. The zero-order valence-corrected chi connectivity index (χ0v) is 17.5. The maximum absolute atomic E-state index is 12.9. The lowest BCUT2D eigenvalue weighted by atomic mass is 9.78. The standard InChI is InChI=1S/C22H27N5O3/c1-14-5-4-6-18(15(14)2)24-21(28)12-26-22(29)20-11-19(25-27(20)13-23-26)16-7-9-17(30-3)10-8-16/h7-11,13-15,18H,4-6,12H2,1-3H3,(H,24,28)/t14-,15-,18-/m1/s1. The summed E-state index contributed by atoms with van der Waals surface area (Å²) < 4.78 is 7.82. The molecule has 8 heteroatoms. The van der Waals surface area contributed by atoms with E-state index in [0.717, 1.165) is 24.2 Å². The third-order valence-corrected chi connectivity index (χ3v) is 6.22. The topological polar surface area (TPSA) is 90.5 Å². The average Bonchev–Trinajstić information content (AvgIpc) is 3.19. The number of nitrogens with one attached hydrogen (secondary N) is 1. The van der Waals surface area contributed by atoms with Gasteiger partial charge in [-0.3, -0.25) is 9.59 Å². The van der Waals surface area contributed by atoms with Crippen molar-refractivity contribution in [3.63, 3.8) is 0 Å². The van der Waals surface area contributed by atoms with Gasteiger partial charge < -0.3 is 10.1 Å². The molecular weight excluding hydrogens is 382 g/mol. The number of hydrogen-bond acceptors (Lipinski definition) is 5. The number of carbonyl (C=O) groups excluding carboxylic acids is 1. The molecule has 3 aromatic rings. The van der Waals surface area contributed by atoms with E-state index in [4.69, 9.17) is 4.74 Å². The van der Waals surface area contributed by atoms with Gasteiger partial charge in [-0.05, 0) is 48.6 Å². The van der Waals surface area contributed by atoms with Gasteiger partial charge in [0.1, 0.15) is 24.1 Å². The highest BCUT2D eigenvalue weighted by atomic mass is 16.5. The van der Waals surface area contributed by atoms with E-state index in [0.29, 0.717) is 23.0 Å². The van der Waals surface area contributed by atoms with Gasteiger partial charge in [0, 0.05) is 11.6 Å². The Morgan fingerprint density at radius 3 is 2.73 bits per heavy atom. The van der Waals surface area contributed by atoms with Gasteiger partial charge in [0.2, 0.25) is 5.91 Å². The summed E-state index contributed by atoms with van der Waals surface area (Å²) in [4.78, 5) is 25.4. The molecule has 1 amide bonds. The molecule has 1 saturated carbocycles. The third kappa shape index (κ3) is 3.94. The third-order valence-electron chi connectivity index (χ3n) is 6.22. The summed E-state index contributed by atoms with van der Waals surface area (Å²) in [6, 6.07) is 9.31. The van der Waals surface area contributed by atoms with Crippen LogP contribution in [0.1, 0.15) is 33.1 Å². The predicted octanol–water partition coefficient (Wildman–Crippen LogP) is 2.51. The normalized spacial score (nSPS) is 21.5. The summed E-state index contributed by atoms with van der Waals surface area (Å²) in [7, 11) is 1.61. The Morgan fingerprint density at radius 2 is 2.00 bits per heavy atom. The van der Waals surface area contributed by atoms with Crippen molar-refractivity contribution in [1.82, 2.24) is 24.7 Å². The number of carbonyl (C=O) groups is 1. The Kier molecular flexibility index (Phi) is 5.57. The Labute approximate surface area is 174 Å². The van der Waals surface area contributed by atoms with Crippen molar-refractivity contribution in [2.75, 3.05) is 7.11 Å². The number of benzene rings is 1. The van der Waals surface area contributed by atoms with Gasteiger partial charge in [0.25, 0.3) is 5.56 Å². The number of hydrogen-bond donors (Lipinski definition) is 1. The van der Waals surface area contributed by atoms with Gasteiger partial charge in [0.15, 0.2) is 0 Å². The number of ether oxygens (including phenoxy) is 1. The first-order valence-corrected chi connectivity index (χ1v) is 10.4. The number of nitrogens with zero attached hydrogens (tertiary/aromatic N) is 4. The van der Waals surface area contributed by atoms with E-state index < -0.39 is 0 Å². The first-order chi connectivity index (χ1) is 14.5. The van der Waals surface area contributed by atoms with E-state index in [9.17, 15) is 9.59 Å². The Bertz CT molecular complexity index is 1100. The number of methoxy groups -OCH3 is 1. The lowest BCUT2D eigenvalue weighted by Gasteiger charge is -2.34. The maximum Gasteiger partial charge on any atom is 0.293 e. The second-order valence-corrected chi connectivity index (χ2v) is 8.12. The molecule has 158 valence electrons. The second-order valence-electron chi connectivity index (χ2n) is 8.12. The molecule has 1 fully saturated rings. The predicted molar refractivity (Wildman–Crippen MR) is 113 cm³/mol. The molecule has 0 radical (unpaired) electrons. The molecule has 1 aliphatic carbocycles. The highest BCUT2D eigenvalue weighted by Crippen LogP contribution is 2.29. The van der Waals surface area contributed by atoms with Crippen LogP contribution in [0, 0.1) is 11.8 Å². The zero-order valence-electron chi connectivity index (χ0n) is 17.5. The molecular formula is C22H27N5O3. The van der Waals surface area contributed by atoms with Crippen LogP contribution in [0.2, 0.25) is 0 Å². The van der Waals surface area contributed by atoms with Crippen LogP contribution < -0.4 is 15.6 Å². The minimum absolute atomic E-state index is 0.101. The molecule has 0 bridgehead atoms. The van der Waals surface area contributed by atoms with Crippen molar-refractivity contribution in [3.05, 3.63) is 47.0 Å². The lowest BCUT2D eigenvalue weighted by molar-refractivity contribution is -0.123. The summed E-state index contributed by atoms with van der Waals surface area (Å²) >= 11 is 0. The minimum Gasteiger partial charge on any atom is -0.497 e. The molecule has 2 heterocycles. The molecule has 4 rings (SSSR count). The smallest absolute Gasteiger partial charge is 0.293 e. The van der Waals surface area contributed by atoms with Gasteiger partial charge in [-0.15, -0.1) is 0 Å². The van der Waals surface area contributed by atoms with Crippen molar-refractivity contribution in [1.29, 1.82) is 0 Å². The van der Waals surface area contributed by atoms with Crippen LogP contribution in [0.5, 0.6) is 5.75 Å². The van der Waals surface area contributed by atoms with Crippen LogP contribution in [-0.2, 0) is 11.3 Å². The van der Waals surface area contributed by atoms with E-state index in [1.807, 2.05) is 24.3 Å². The Morgan fingerprint density at radius 1 is 1.23 bits per heavy atom. The van der Waals surface area contributed by atoms with Gasteiger partial charge in [-0.25, -0.2) is 9.20 Å². The lowest BCUT2D eigenvalue weighted by Crippen LogP contribution is -2.45. The molecule has 1 aromatic carbocycles. The molecule has 0 unspecified atom stereocenters. The van der Waals surface area contributed by atoms with Crippen molar-refractivity contribution in [2.24, 2.45) is 11.8 Å². The van der Waals surface area contributed by atoms with Crippen LogP contribution in [-0.4, -0.2) is 38.5 Å². The van der Waals surface area contributed by atoms with Crippen LogP contribution in [0.15, 0.2) is 41.5 Å². The van der Waals surface area contributed by atoms with Gasteiger partial charge >= 0.3 is 0 Å². The molecule has 2 aromatic heterocycles. The summed E-state index contributed by atoms with van der Waals surface area (Å²) in [5.74, 6) is 1.58. The fourth-order valence-corrected chi connectivity index (χ4v) is 4.13. The molecule has 0 spiro atoms. The number of fused-ring (bicyclic) bond motifs is 1. The summed E-state index contributed by atoms with van der Waals surface area (Å²) in [6.07, 6.45) is 4.75. The molecule has 0 aliphatic heterocycles. The highest BCUT2D eigenvalue weighted by Gasteiger charge is 2.28. The fraction of sp³-hybridized carbons (Fsp3) is 0.455. The molecule has 1 N–H and O–H groups in total. The van der Waals surface area contributed by atoms with E-state index in [-0.39, 0.29) is 24.1 Å². The zero-order chi connectivity index (χ0) is 21.3. The monoisotopic (exact) mass is 409 g/mol. The fourth-order valence-electron chi connectivity index (χ4n) is 4.13. The Balaban J connectivity index is 1.53. The molecule has 1 aliphatic rings. The van der Waals surface area contributed by atoms with Crippen molar-refractivity contribution in [2.45, 2.75) is 45.7 Å². The minimum atomic E-state index is -0.343. The van der Waals surface area contributed by atoms with Crippen molar-refractivity contribution in [3.8, 4) is 17.0 Å². The van der Waals surface area contributed by atoms with Crippen molar-refractivity contribution < 1.29 is 9.53 Å². The van der Waals surface area contributed by atoms with E-state index in [1.165, 1.54) is 21.9 Å². The molecule has 0 saturated heterocycles. The SMILES string of the molecule is COc1ccc(-c2cc3c(=O)n(CC(=O)N[C@@H]4CCC[C@@H](C)[C@H]4C)ncn3n2)cc1. The first-order valence-electron chi connectivity index (χ1n) is 10.4. The van der Waals surface area contributed by atoms with E-state index in [2.05, 4.69) is 29.4 Å². The quantitative estimate of drug-likeness (QED) is 0.699. The Hall–Kier alpha value is -3.16. The second kappa shape index (κ2) is 8.30. The number of aromatic nitrogens is 4. The van der Waals surface area contributed by atoms with Crippen molar-refractivity contribution >= 4 is 11.4 Å².